The van der Waals surface area contributed by atoms with Gasteiger partial charge in [-0.1, -0.05) is 26.2 Å². The largest absolute Gasteiger partial charge is 0.394 e. The van der Waals surface area contributed by atoms with E-state index in [-0.39, 0.29) is 36.0 Å². The number of nitrogens with zero attached hydrogens (tertiary/aromatic N) is 3. The Balaban J connectivity index is 1.71. The van der Waals surface area contributed by atoms with Crippen LogP contribution in [0.3, 0.4) is 0 Å². The Bertz CT molecular complexity index is 896. The number of H-pyrrole nitrogens is 1. The Labute approximate surface area is 167 Å². The number of aromatic nitrogens is 4. The smallest absolute Gasteiger partial charge is 0.280 e. The van der Waals surface area contributed by atoms with Gasteiger partial charge in [-0.15, -0.1) is 0 Å². The lowest BCUT2D eigenvalue weighted by Gasteiger charge is -2.19. The number of amides is 1. The number of aliphatic hydroxyl groups is 2. The molecule has 11 heteroatoms. The molecule has 0 saturated carbocycles. The van der Waals surface area contributed by atoms with Crippen molar-refractivity contribution in [3.05, 3.63) is 16.7 Å². The number of hydrogen-bond acceptors (Lipinski definition) is 8. The zero-order valence-electron chi connectivity index (χ0n) is 16.4. The van der Waals surface area contributed by atoms with Crippen molar-refractivity contribution in [3.63, 3.8) is 0 Å². The van der Waals surface area contributed by atoms with Crippen molar-refractivity contribution >= 4 is 23.0 Å². The van der Waals surface area contributed by atoms with E-state index in [1.807, 2.05) is 0 Å². The minimum Gasteiger partial charge on any atom is -0.394 e. The van der Waals surface area contributed by atoms with Crippen LogP contribution in [0, 0.1) is 5.92 Å². The number of carbonyl (C=O) groups is 1. The summed E-state index contributed by atoms with van der Waals surface area (Å²) in [7, 11) is 0. The number of unbranched alkanes of at least 4 members (excludes halogenated alkanes) is 3. The van der Waals surface area contributed by atoms with E-state index in [4.69, 9.17) is 10.5 Å². The van der Waals surface area contributed by atoms with E-state index in [0.717, 1.165) is 25.7 Å². The number of ether oxygens (including phenoxy) is 1. The van der Waals surface area contributed by atoms with Gasteiger partial charge < -0.3 is 26.0 Å². The molecule has 2 aromatic heterocycles. The number of nitrogen functional groups attached to an aromatic ring is 1. The molecule has 1 aliphatic rings. The molecule has 0 radical (unpaired) electrons. The summed E-state index contributed by atoms with van der Waals surface area (Å²) in [6.45, 7) is 2.34. The van der Waals surface area contributed by atoms with Gasteiger partial charge >= 0.3 is 0 Å². The van der Waals surface area contributed by atoms with Crippen molar-refractivity contribution in [1.29, 1.82) is 0 Å². The summed E-state index contributed by atoms with van der Waals surface area (Å²) in [4.78, 5) is 34.7. The third-order valence-electron chi connectivity index (χ3n) is 5.20. The number of anilines is 1. The van der Waals surface area contributed by atoms with Gasteiger partial charge in [-0.05, 0) is 6.42 Å². The minimum atomic E-state index is -1.10. The number of nitrogens with two attached hydrogens (primary N) is 1. The van der Waals surface area contributed by atoms with Crippen molar-refractivity contribution in [2.45, 2.75) is 57.5 Å². The fourth-order valence-corrected chi connectivity index (χ4v) is 3.65. The van der Waals surface area contributed by atoms with Crippen LogP contribution < -0.4 is 16.6 Å². The average molecular weight is 408 g/mol. The molecule has 0 aliphatic carbocycles. The predicted octanol–water partition coefficient (Wildman–Crippen LogP) is -0.345. The van der Waals surface area contributed by atoms with Crippen LogP contribution in [0.25, 0.3) is 11.2 Å². The van der Waals surface area contributed by atoms with Crippen LogP contribution in [0.4, 0.5) is 5.95 Å². The quantitative estimate of drug-likeness (QED) is 0.351. The first-order chi connectivity index (χ1) is 14.0. The zero-order valence-corrected chi connectivity index (χ0v) is 16.4. The molecule has 2 aromatic rings. The normalized spacial score (nSPS) is 24.2. The molecule has 11 nitrogen and oxygen atoms in total. The van der Waals surface area contributed by atoms with Gasteiger partial charge in [-0.2, -0.15) is 4.98 Å². The topological polar surface area (TPSA) is 168 Å². The molecule has 0 unspecified atom stereocenters. The summed E-state index contributed by atoms with van der Waals surface area (Å²) in [5.41, 5.74) is 5.32. The second-order valence-electron chi connectivity index (χ2n) is 7.29. The first-order valence-electron chi connectivity index (χ1n) is 9.89. The Hall–Kier alpha value is -2.50. The molecule has 0 spiro atoms. The van der Waals surface area contributed by atoms with Gasteiger partial charge in [0.15, 0.2) is 17.4 Å². The van der Waals surface area contributed by atoms with Crippen LogP contribution in [-0.2, 0) is 9.53 Å². The van der Waals surface area contributed by atoms with Crippen LogP contribution in [0.1, 0.15) is 45.3 Å². The average Bonchev–Trinajstić information content (AvgIpc) is 3.23. The molecule has 160 valence electrons. The third kappa shape index (κ3) is 4.57. The number of imidazole rings is 1. The standard InChI is InChI=1S/C18H28N6O5/c1-2-3-4-5-6-20-12(26)7-10-11(8-25)29-17(14(10)27)24-9-21-13-15(24)22-18(19)23-16(13)28/h9-11,14,17,25,27H,2-8H2,1H3,(H,20,26)(H3,19,22,23,28)/t10-,11-,14-,17-/m1/s1. The minimum absolute atomic E-state index is 0.0133. The Kier molecular flexibility index (Phi) is 6.83. The lowest BCUT2D eigenvalue weighted by atomic mass is 9.94. The number of aromatic amines is 1. The molecule has 1 saturated heterocycles. The molecule has 6 N–H and O–H groups in total. The summed E-state index contributed by atoms with van der Waals surface area (Å²) in [5, 5.41) is 23.3. The molecule has 1 amide bonds. The summed E-state index contributed by atoms with van der Waals surface area (Å²) < 4.78 is 7.18. The number of nitrogens with one attached hydrogen (secondary N) is 2. The molecular weight excluding hydrogens is 380 g/mol. The van der Waals surface area contributed by atoms with E-state index in [1.54, 1.807) is 0 Å². The van der Waals surface area contributed by atoms with Crippen LogP contribution in [0.15, 0.2) is 11.1 Å². The zero-order chi connectivity index (χ0) is 21.0. The summed E-state index contributed by atoms with van der Waals surface area (Å²) in [6.07, 6.45) is 2.75. The molecule has 3 rings (SSSR count). The van der Waals surface area contributed by atoms with Gasteiger partial charge in [-0.3, -0.25) is 19.1 Å². The molecule has 4 atom stereocenters. The first-order valence-corrected chi connectivity index (χ1v) is 9.89. The molecule has 1 fully saturated rings. The maximum absolute atomic E-state index is 12.3. The van der Waals surface area contributed by atoms with Gasteiger partial charge in [0.1, 0.15) is 6.10 Å². The summed E-state index contributed by atoms with van der Waals surface area (Å²) in [5.74, 6) is -0.908. The van der Waals surface area contributed by atoms with E-state index >= 15 is 0 Å². The molecule has 0 aromatic carbocycles. The van der Waals surface area contributed by atoms with Gasteiger partial charge in [0.25, 0.3) is 5.56 Å². The van der Waals surface area contributed by atoms with Gasteiger partial charge in [0.2, 0.25) is 11.9 Å². The monoisotopic (exact) mass is 408 g/mol. The molecule has 1 aliphatic heterocycles. The van der Waals surface area contributed by atoms with E-state index < -0.39 is 29.9 Å². The first kappa shape index (κ1) is 21.2. The van der Waals surface area contributed by atoms with E-state index in [2.05, 4.69) is 27.2 Å². The number of aliphatic hydroxyl groups excluding tert-OH is 2. The highest BCUT2D eigenvalue weighted by Gasteiger charge is 2.45. The fraction of sp³-hybridized carbons (Fsp3) is 0.667. The SMILES string of the molecule is CCCCCCNC(=O)C[C@H]1[C@@H](O)[C@H](n2cnc3c(=O)[nH]c(N)nc32)O[C@@H]1CO. The van der Waals surface area contributed by atoms with E-state index in [9.17, 15) is 19.8 Å². The fourth-order valence-electron chi connectivity index (χ4n) is 3.65. The van der Waals surface area contributed by atoms with Gasteiger partial charge in [0.05, 0.1) is 19.0 Å². The van der Waals surface area contributed by atoms with Gasteiger partial charge in [-0.25, -0.2) is 4.98 Å². The predicted molar refractivity (Wildman–Crippen MR) is 105 cm³/mol. The Morgan fingerprint density at radius 3 is 2.93 bits per heavy atom. The van der Waals surface area contributed by atoms with E-state index in [0.29, 0.717) is 6.54 Å². The highest BCUT2D eigenvalue weighted by Crippen LogP contribution is 2.36. The second-order valence-corrected chi connectivity index (χ2v) is 7.29. The highest BCUT2D eigenvalue weighted by molar-refractivity contribution is 5.76. The van der Waals surface area contributed by atoms with Crippen LogP contribution in [0.2, 0.25) is 0 Å². The maximum atomic E-state index is 12.3. The van der Waals surface area contributed by atoms with Crippen molar-refractivity contribution in [1.82, 2.24) is 24.8 Å². The second kappa shape index (κ2) is 9.33. The molecule has 29 heavy (non-hydrogen) atoms. The van der Waals surface area contributed by atoms with Crippen molar-refractivity contribution in [2.75, 3.05) is 18.9 Å². The summed E-state index contributed by atoms with van der Waals surface area (Å²) >= 11 is 0. The third-order valence-corrected chi connectivity index (χ3v) is 5.20. The van der Waals surface area contributed by atoms with Crippen molar-refractivity contribution in [3.8, 4) is 0 Å². The highest BCUT2D eigenvalue weighted by atomic mass is 16.5. The van der Waals surface area contributed by atoms with Crippen molar-refractivity contribution < 1.29 is 19.7 Å². The Morgan fingerprint density at radius 1 is 1.41 bits per heavy atom. The van der Waals surface area contributed by atoms with E-state index in [1.165, 1.54) is 10.9 Å². The lowest BCUT2D eigenvalue weighted by molar-refractivity contribution is -0.123. The number of carbonyl (C=O) groups excluding carboxylic acids is 1. The number of fused-ring (bicyclic) bond motifs is 1. The van der Waals surface area contributed by atoms with Crippen molar-refractivity contribution in [2.24, 2.45) is 5.92 Å². The van der Waals surface area contributed by atoms with Crippen LogP contribution in [0.5, 0.6) is 0 Å². The Morgan fingerprint density at radius 2 is 2.21 bits per heavy atom. The summed E-state index contributed by atoms with van der Waals surface area (Å²) in [6, 6.07) is 0. The molecular formula is C18H28N6O5. The maximum Gasteiger partial charge on any atom is 0.280 e. The molecule has 0 bridgehead atoms. The number of hydrogen-bond donors (Lipinski definition) is 5. The van der Waals surface area contributed by atoms with Crippen LogP contribution in [-0.4, -0.2) is 61.0 Å². The number of rotatable bonds is 9. The molecule has 3 heterocycles. The lowest BCUT2D eigenvalue weighted by Crippen LogP contribution is -2.34. The van der Waals surface area contributed by atoms with Crippen LogP contribution >= 0.6 is 0 Å². The van der Waals surface area contributed by atoms with Gasteiger partial charge in [0, 0.05) is 18.9 Å².